The maximum atomic E-state index is 5.78. The minimum Gasteiger partial charge on any atom is -0.493 e. The quantitative estimate of drug-likeness (QED) is 0.804. The molecule has 22 heavy (non-hydrogen) atoms. The number of nitrogens with zero attached hydrogens (tertiary/aromatic N) is 4. The van der Waals surface area contributed by atoms with Gasteiger partial charge in [-0.15, -0.1) is 0 Å². The van der Waals surface area contributed by atoms with Crippen LogP contribution in [0.2, 0.25) is 0 Å². The van der Waals surface area contributed by atoms with Gasteiger partial charge in [-0.2, -0.15) is 14.6 Å². The fraction of sp³-hybridized carbons (Fsp3) is 0.312. The molecule has 0 saturated carbocycles. The topological polar surface area (TPSA) is 64.3 Å². The molecule has 1 aliphatic heterocycles. The van der Waals surface area contributed by atoms with Crippen molar-refractivity contribution in [2.45, 2.75) is 25.8 Å². The van der Waals surface area contributed by atoms with Gasteiger partial charge in [-0.25, -0.2) is 4.98 Å². The summed E-state index contributed by atoms with van der Waals surface area (Å²) in [6.07, 6.45) is 1.52. The van der Waals surface area contributed by atoms with Crippen LogP contribution in [0.4, 0.5) is 5.82 Å². The minimum atomic E-state index is 0.206. The Morgan fingerprint density at radius 1 is 1.36 bits per heavy atom. The molecule has 4 rings (SSSR count). The Bertz CT molecular complexity index is 828. The van der Waals surface area contributed by atoms with Gasteiger partial charge in [0.25, 0.3) is 5.78 Å². The van der Waals surface area contributed by atoms with Crippen LogP contribution in [-0.4, -0.2) is 32.2 Å². The Morgan fingerprint density at radius 3 is 3.14 bits per heavy atom. The molecule has 0 radical (unpaired) electrons. The third-order valence-electron chi connectivity index (χ3n) is 4.10. The molecule has 6 heteroatoms. The monoisotopic (exact) mass is 295 g/mol. The highest BCUT2D eigenvalue weighted by molar-refractivity contribution is 5.47. The number of anilines is 1. The fourth-order valence-electron chi connectivity index (χ4n) is 2.97. The highest BCUT2D eigenvalue weighted by Crippen LogP contribution is 2.36. The van der Waals surface area contributed by atoms with E-state index in [0.29, 0.717) is 18.3 Å². The number of rotatable bonds is 3. The molecule has 0 saturated heterocycles. The summed E-state index contributed by atoms with van der Waals surface area (Å²) in [5.41, 5.74) is 2.17. The van der Waals surface area contributed by atoms with Crippen molar-refractivity contribution in [3.63, 3.8) is 0 Å². The lowest BCUT2D eigenvalue weighted by molar-refractivity contribution is 0.322. The summed E-state index contributed by atoms with van der Waals surface area (Å²) >= 11 is 0. The van der Waals surface area contributed by atoms with Gasteiger partial charge < -0.3 is 10.1 Å². The predicted molar refractivity (Wildman–Crippen MR) is 83.3 cm³/mol. The Morgan fingerprint density at radius 2 is 2.23 bits per heavy atom. The maximum Gasteiger partial charge on any atom is 0.254 e. The second-order valence-electron chi connectivity index (χ2n) is 5.64. The van der Waals surface area contributed by atoms with Crippen molar-refractivity contribution in [1.82, 2.24) is 19.6 Å². The maximum absolute atomic E-state index is 5.78. The van der Waals surface area contributed by atoms with Crippen molar-refractivity contribution in [3.05, 3.63) is 47.9 Å². The highest BCUT2D eigenvalue weighted by Gasteiger charge is 2.29. The van der Waals surface area contributed by atoms with E-state index in [9.17, 15) is 0 Å². The summed E-state index contributed by atoms with van der Waals surface area (Å²) in [4.78, 5) is 8.52. The molecule has 0 amide bonds. The summed E-state index contributed by atoms with van der Waals surface area (Å²) in [6, 6.07) is 10.4. The second kappa shape index (κ2) is 4.98. The van der Waals surface area contributed by atoms with Crippen LogP contribution >= 0.6 is 0 Å². The number of fused-ring (bicyclic) bond motifs is 2. The van der Waals surface area contributed by atoms with Gasteiger partial charge in [0.15, 0.2) is 0 Å². The fourth-order valence-corrected chi connectivity index (χ4v) is 2.97. The van der Waals surface area contributed by atoms with Gasteiger partial charge in [0.05, 0.1) is 6.61 Å². The first-order valence-electron chi connectivity index (χ1n) is 7.38. The average molecular weight is 295 g/mol. The molecule has 6 nitrogen and oxygen atoms in total. The Labute approximate surface area is 128 Å². The molecule has 3 aromatic rings. The van der Waals surface area contributed by atoms with E-state index in [1.54, 1.807) is 4.52 Å². The van der Waals surface area contributed by atoms with Crippen molar-refractivity contribution >= 4 is 11.6 Å². The third kappa shape index (κ3) is 2.07. The summed E-state index contributed by atoms with van der Waals surface area (Å²) < 4.78 is 7.51. The molecule has 0 aliphatic carbocycles. The molecule has 1 N–H and O–H groups in total. The number of benzene rings is 1. The molecule has 0 fully saturated rings. The number of para-hydroxylation sites is 1. The first kappa shape index (κ1) is 13.1. The van der Waals surface area contributed by atoms with E-state index in [0.717, 1.165) is 17.3 Å². The highest BCUT2D eigenvalue weighted by atomic mass is 16.5. The Kier molecular flexibility index (Phi) is 2.96. The van der Waals surface area contributed by atoms with Crippen molar-refractivity contribution in [2.24, 2.45) is 0 Å². The van der Waals surface area contributed by atoms with Crippen LogP contribution in [0.1, 0.15) is 24.1 Å². The van der Waals surface area contributed by atoms with Crippen molar-refractivity contribution < 1.29 is 4.74 Å². The van der Waals surface area contributed by atoms with Gasteiger partial charge in [0.2, 0.25) is 0 Å². The van der Waals surface area contributed by atoms with Crippen molar-refractivity contribution in [3.8, 4) is 5.75 Å². The molecule has 0 spiro atoms. The van der Waals surface area contributed by atoms with Crippen LogP contribution in [0.3, 0.4) is 0 Å². The van der Waals surface area contributed by atoms with Gasteiger partial charge in [-0.05, 0) is 19.9 Å². The number of nitrogens with one attached hydrogen (secondary N) is 1. The molecule has 3 heterocycles. The van der Waals surface area contributed by atoms with E-state index < -0.39 is 0 Å². The normalized spacial score (nSPS) is 18.0. The molecule has 1 aromatic carbocycles. The van der Waals surface area contributed by atoms with Crippen LogP contribution in [0, 0.1) is 6.92 Å². The summed E-state index contributed by atoms with van der Waals surface area (Å²) in [6.45, 7) is 4.81. The van der Waals surface area contributed by atoms with Crippen molar-refractivity contribution in [1.29, 1.82) is 0 Å². The SMILES string of the molecule is Cc1cc(N[C@H](C)[C@H]2COc3ccccc32)n2ncnc2n1. The molecule has 0 unspecified atom stereocenters. The number of aromatic nitrogens is 4. The number of hydrogen-bond donors (Lipinski definition) is 1. The van der Waals surface area contributed by atoms with Gasteiger partial charge in [0, 0.05) is 29.3 Å². The Hall–Kier alpha value is -2.63. The molecular weight excluding hydrogens is 278 g/mol. The minimum absolute atomic E-state index is 0.206. The lowest BCUT2D eigenvalue weighted by Crippen LogP contribution is -2.26. The number of ether oxygens (including phenoxy) is 1. The number of hydrogen-bond acceptors (Lipinski definition) is 5. The Balaban J connectivity index is 1.64. The van der Waals surface area contributed by atoms with Crippen LogP contribution < -0.4 is 10.1 Å². The zero-order valence-corrected chi connectivity index (χ0v) is 12.5. The lowest BCUT2D eigenvalue weighted by atomic mass is 9.94. The zero-order valence-electron chi connectivity index (χ0n) is 12.5. The molecule has 2 atom stereocenters. The standard InChI is InChI=1S/C16H17N5O/c1-10-7-15(21-16(19-10)17-9-18-21)20-11(2)13-8-22-14-6-4-3-5-12(13)14/h3-7,9,11,13,20H,8H2,1-2H3/t11-,13-/m1/s1. The van der Waals surface area contributed by atoms with Crippen LogP contribution in [0.15, 0.2) is 36.7 Å². The number of aryl methyl sites for hydroxylation is 1. The van der Waals surface area contributed by atoms with Crippen LogP contribution in [-0.2, 0) is 0 Å². The zero-order chi connectivity index (χ0) is 15.1. The molecular formula is C16H17N5O. The van der Waals surface area contributed by atoms with E-state index in [2.05, 4.69) is 39.4 Å². The first-order valence-corrected chi connectivity index (χ1v) is 7.38. The van der Waals surface area contributed by atoms with E-state index in [1.165, 1.54) is 11.9 Å². The second-order valence-corrected chi connectivity index (χ2v) is 5.64. The van der Waals surface area contributed by atoms with Gasteiger partial charge in [-0.3, -0.25) is 0 Å². The summed E-state index contributed by atoms with van der Waals surface area (Å²) in [5.74, 6) is 2.80. The average Bonchev–Trinajstić information content (AvgIpc) is 3.12. The van der Waals surface area contributed by atoms with Crippen molar-refractivity contribution in [2.75, 3.05) is 11.9 Å². The van der Waals surface area contributed by atoms with Crippen LogP contribution in [0.25, 0.3) is 5.78 Å². The molecule has 112 valence electrons. The predicted octanol–water partition coefficient (Wildman–Crippen LogP) is 2.41. The molecule has 0 bridgehead atoms. The molecule has 1 aliphatic rings. The molecule has 2 aromatic heterocycles. The smallest absolute Gasteiger partial charge is 0.254 e. The van der Waals surface area contributed by atoms with Crippen LogP contribution in [0.5, 0.6) is 5.75 Å². The summed E-state index contributed by atoms with van der Waals surface area (Å²) in [7, 11) is 0. The van der Waals surface area contributed by atoms with Gasteiger partial charge in [-0.1, -0.05) is 18.2 Å². The van der Waals surface area contributed by atoms with Gasteiger partial charge >= 0.3 is 0 Å². The lowest BCUT2D eigenvalue weighted by Gasteiger charge is -2.21. The van der Waals surface area contributed by atoms with E-state index in [1.807, 2.05) is 25.1 Å². The van der Waals surface area contributed by atoms with E-state index in [-0.39, 0.29) is 6.04 Å². The third-order valence-corrected chi connectivity index (χ3v) is 4.10. The van der Waals surface area contributed by atoms with E-state index in [4.69, 9.17) is 4.74 Å². The first-order chi connectivity index (χ1) is 10.7. The largest absolute Gasteiger partial charge is 0.493 e. The van der Waals surface area contributed by atoms with E-state index >= 15 is 0 Å². The summed E-state index contributed by atoms with van der Waals surface area (Å²) in [5, 5.41) is 7.77. The van der Waals surface area contributed by atoms with Gasteiger partial charge in [0.1, 0.15) is 17.9 Å².